The predicted molar refractivity (Wildman–Crippen MR) is 74.4 cm³/mol. The summed E-state index contributed by atoms with van der Waals surface area (Å²) in [5.41, 5.74) is -0.450. The minimum absolute atomic E-state index is 0.0615. The Morgan fingerprint density at radius 3 is 2.32 bits per heavy atom. The topological polar surface area (TPSA) is 42.2 Å². The van der Waals surface area contributed by atoms with E-state index < -0.39 is 5.41 Å². The Bertz CT molecular complexity index is 307. The second-order valence-corrected chi connectivity index (χ2v) is 6.59. The Labute approximate surface area is 117 Å². The van der Waals surface area contributed by atoms with E-state index in [0.29, 0.717) is 19.1 Å². The number of hydrogen-bond donors (Lipinski definition) is 0. The maximum Gasteiger partial charge on any atom is 0.160 e. The summed E-state index contributed by atoms with van der Waals surface area (Å²) >= 11 is 0. The van der Waals surface area contributed by atoms with E-state index in [1.807, 2.05) is 6.92 Å². The van der Waals surface area contributed by atoms with Crippen LogP contribution in [0, 0.1) is 28.6 Å². The Morgan fingerprint density at radius 1 is 1.16 bits per heavy atom. The molecule has 0 radical (unpaired) electrons. The molecule has 19 heavy (non-hydrogen) atoms. The summed E-state index contributed by atoms with van der Waals surface area (Å²) in [6.45, 7) is 5.21. The van der Waals surface area contributed by atoms with Crippen LogP contribution in [0.5, 0.6) is 0 Å². The molecule has 0 bridgehead atoms. The number of nitriles is 1. The molecule has 1 aliphatic carbocycles. The predicted octanol–water partition coefficient (Wildman–Crippen LogP) is 3.89. The van der Waals surface area contributed by atoms with Crippen molar-refractivity contribution in [1.29, 1.82) is 5.26 Å². The van der Waals surface area contributed by atoms with Crippen molar-refractivity contribution >= 4 is 0 Å². The van der Waals surface area contributed by atoms with Gasteiger partial charge in [-0.3, -0.25) is 0 Å². The lowest BCUT2D eigenvalue weighted by molar-refractivity contribution is -0.240. The number of ether oxygens (including phenoxy) is 2. The average Bonchev–Trinajstić information content (AvgIpc) is 2.47. The minimum atomic E-state index is -0.450. The molecule has 0 amide bonds. The van der Waals surface area contributed by atoms with E-state index in [9.17, 15) is 0 Å². The van der Waals surface area contributed by atoms with Gasteiger partial charge in [-0.15, -0.1) is 0 Å². The molecule has 1 saturated heterocycles. The summed E-state index contributed by atoms with van der Waals surface area (Å²) in [6, 6.07) is 2.28. The lowest BCUT2D eigenvalue weighted by Gasteiger charge is -2.39. The molecule has 2 aliphatic rings. The van der Waals surface area contributed by atoms with E-state index in [2.05, 4.69) is 13.0 Å². The molecule has 0 atom stereocenters. The van der Waals surface area contributed by atoms with Crippen molar-refractivity contribution in [2.75, 3.05) is 13.2 Å². The van der Waals surface area contributed by atoms with Crippen LogP contribution in [-0.2, 0) is 9.47 Å². The van der Waals surface area contributed by atoms with Crippen molar-refractivity contribution in [3.05, 3.63) is 0 Å². The fraction of sp³-hybridized carbons (Fsp3) is 0.938. The summed E-state index contributed by atoms with van der Waals surface area (Å²) in [4.78, 5) is 0. The molecule has 0 aromatic rings. The van der Waals surface area contributed by atoms with Gasteiger partial charge in [0.1, 0.15) is 5.41 Å². The van der Waals surface area contributed by atoms with Crippen molar-refractivity contribution in [3.8, 4) is 6.07 Å². The second-order valence-electron chi connectivity index (χ2n) is 6.59. The monoisotopic (exact) mass is 265 g/mol. The molecule has 2 fully saturated rings. The highest BCUT2D eigenvalue weighted by atomic mass is 16.7. The third-order valence-electron chi connectivity index (χ3n) is 4.64. The van der Waals surface area contributed by atoms with Crippen molar-refractivity contribution < 1.29 is 9.47 Å². The van der Waals surface area contributed by atoms with E-state index in [0.717, 1.165) is 5.92 Å². The lowest BCUT2D eigenvalue weighted by Crippen LogP contribution is -2.43. The van der Waals surface area contributed by atoms with E-state index in [-0.39, 0.29) is 6.29 Å². The van der Waals surface area contributed by atoms with Crippen LogP contribution in [0.2, 0.25) is 0 Å². The summed E-state index contributed by atoms with van der Waals surface area (Å²) in [5.74, 6) is 1.46. The maximum absolute atomic E-state index is 9.05. The first-order chi connectivity index (χ1) is 9.17. The Morgan fingerprint density at radius 2 is 1.79 bits per heavy atom. The van der Waals surface area contributed by atoms with E-state index in [1.54, 1.807) is 0 Å². The van der Waals surface area contributed by atoms with Gasteiger partial charge in [0, 0.05) is 5.92 Å². The van der Waals surface area contributed by atoms with Gasteiger partial charge >= 0.3 is 0 Å². The van der Waals surface area contributed by atoms with Gasteiger partial charge in [-0.05, 0) is 38.5 Å². The molecule has 0 N–H and O–H groups in total. The molecule has 1 saturated carbocycles. The third kappa shape index (κ3) is 3.94. The number of hydrogen-bond acceptors (Lipinski definition) is 3. The van der Waals surface area contributed by atoms with Crippen molar-refractivity contribution in [1.82, 2.24) is 0 Å². The Kier molecular flexibility index (Phi) is 5.24. The molecule has 1 aliphatic heterocycles. The molecule has 2 rings (SSSR count). The SMILES string of the molecule is CCCCC1CCC(C2OCC(C)(C#N)CO2)CC1. The molecule has 108 valence electrons. The zero-order chi connectivity index (χ0) is 13.7. The first-order valence-electron chi connectivity index (χ1n) is 7.81. The fourth-order valence-corrected chi connectivity index (χ4v) is 3.20. The molecule has 3 heteroatoms. The molecule has 0 unspecified atom stereocenters. The van der Waals surface area contributed by atoms with Gasteiger partial charge in [-0.1, -0.05) is 26.2 Å². The molecular weight excluding hydrogens is 238 g/mol. The van der Waals surface area contributed by atoms with Crippen LogP contribution in [0.15, 0.2) is 0 Å². The normalized spacial score (nSPS) is 39.7. The quantitative estimate of drug-likeness (QED) is 0.774. The largest absolute Gasteiger partial charge is 0.351 e. The van der Waals surface area contributed by atoms with Crippen LogP contribution >= 0.6 is 0 Å². The highest BCUT2D eigenvalue weighted by Gasteiger charge is 2.37. The van der Waals surface area contributed by atoms with Crippen LogP contribution in [0.4, 0.5) is 0 Å². The highest BCUT2D eigenvalue weighted by Crippen LogP contribution is 2.37. The van der Waals surface area contributed by atoms with Gasteiger partial charge in [0.2, 0.25) is 0 Å². The van der Waals surface area contributed by atoms with Crippen molar-refractivity contribution in [2.45, 2.75) is 65.1 Å². The van der Waals surface area contributed by atoms with Crippen LogP contribution < -0.4 is 0 Å². The third-order valence-corrected chi connectivity index (χ3v) is 4.64. The molecule has 0 aromatic heterocycles. The maximum atomic E-state index is 9.05. The molecule has 3 nitrogen and oxygen atoms in total. The van der Waals surface area contributed by atoms with Gasteiger partial charge in [0.15, 0.2) is 6.29 Å². The summed E-state index contributed by atoms with van der Waals surface area (Å²) < 4.78 is 11.6. The summed E-state index contributed by atoms with van der Waals surface area (Å²) in [7, 11) is 0. The molecule has 1 heterocycles. The average molecular weight is 265 g/mol. The number of unbranched alkanes of at least 4 members (excludes halogenated alkanes) is 1. The van der Waals surface area contributed by atoms with Gasteiger partial charge in [0.25, 0.3) is 0 Å². The van der Waals surface area contributed by atoms with E-state index in [4.69, 9.17) is 14.7 Å². The zero-order valence-electron chi connectivity index (χ0n) is 12.4. The van der Waals surface area contributed by atoms with Crippen LogP contribution in [-0.4, -0.2) is 19.5 Å². The van der Waals surface area contributed by atoms with Crippen LogP contribution in [0.25, 0.3) is 0 Å². The van der Waals surface area contributed by atoms with Gasteiger partial charge < -0.3 is 9.47 Å². The summed E-state index contributed by atoms with van der Waals surface area (Å²) in [5, 5.41) is 9.05. The Hall–Kier alpha value is -0.590. The minimum Gasteiger partial charge on any atom is -0.351 e. The van der Waals surface area contributed by atoms with Gasteiger partial charge in [0.05, 0.1) is 19.3 Å². The molecule has 0 aromatic carbocycles. The van der Waals surface area contributed by atoms with E-state index in [1.165, 1.54) is 44.9 Å². The van der Waals surface area contributed by atoms with Gasteiger partial charge in [-0.2, -0.15) is 5.26 Å². The van der Waals surface area contributed by atoms with Crippen molar-refractivity contribution in [3.63, 3.8) is 0 Å². The fourth-order valence-electron chi connectivity index (χ4n) is 3.20. The highest BCUT2D eigenvalue weighted by molar-refractivity contribution is 4.97. The van der Waals surface area contributed by atoms with E-state index >= 15 is 0 Å². The second kappa shape index (κ2) is 6.72. The number of nitrogens with zero attached hydrogens (tertiary/aromatic N) is 1. The first kappa shape index (κ1) is 14.8. The van der Waals surface area contributed by atoms with Crippen molar-refractivity contribution in [2.24, 2.45) is 17.3 Å². The van der Waals surface area contributed by atoms with Crippen LogP contribution in [0.1, 0.15) is 58.8 Å². The zero-order valence-corrected chi connectivity index (χ0v) is 12.4. The molecule has 0 spiro atoms. The summed E-state index contributed by atoms with van der Waals surface area (Å²) in [6.07, 6.45) is 9.10. The van der Waals surface area contributed by atoms with Gasteiger partial charge in [-0.25, -0.2) is 0 Å². The standard InChI is InChI=1S/C16H27NO2/c1-3-4-5-13-6-8-14(9-7-13)15-18-11-16(2,10-17)12-19-15/h13-15H,3-9,11-12H2,1-2H3. The van der Waals surface area contributed by atoms with Crippen LogP contribution in [0.3, 0.4) is 0 Å². The number of rotatable bonds is 4. The molecular formula is C16H27NO2. The smallest absolute Gasteiger partial charge is 0.160 e. The Balaban J connectivity index is 1.73. The first-order valence-corrected chi connectivity index (χ1v) is 7.81. The lowest BCUT2D eigenvalue weighted by atomic mass is 9.79.